The number of nitro benzene ring substituents is 1. The lowest BCUT2D eigenvalue weighted by Gasteiger charge is -2.26. The van der Waals surface area contributed by atoms with E-state index >= 15 is 0 Å². The van der Waals surface area contributed by atoms with E-state index in [0.29, 0.717) is 18.5 Å². The Balaban J connectivity index is 1.90. The first-order valence-corrected chi connectivity index (χ1v) is 8.93. The zero-order valence-electron chi connectivity index (χ0n) is 13.3. The van der Waals surface area contributed by atoms with Gasteiger partial charge in [0.1, 0.15) is 0 Å². The van der Waals surface area contributed by atoms with Crippen molar-refractivity contribution in [1.82, 2.24) is 0 Å². The lowest BCUT2D eigenvalue weighted by molar-refractivity contribution is -0.385. The SMILES string of the molecule is CN1C(=O)CCc2cc(NS(=O)(=O)c3cccc([N+](=O)[O-])c3)ccc21. The van der Waals surface area contributed by atoms with Crippen molar-refractivity contribution in [2.75, 3.05) is 16.7 Å². The number of nitrogens with zero attached hydrogens (tertiary/aromatic N) is 2. The number of hydrogen-bond acceptors (Lipinski definition) is 5. The number of anilines is 2. The van der Waals surface area contributed by atoms with Crippen molar-refractivity contribution >= 4 is 33.0 Å². The van der Waals surface area contributed by atoms with Gasteiger partial charge in [0.05, 0.1) is 9.82 Å². The second-order valence-electron chi connectivity index (χ2n) is 5.66. The third-order valence-corrected chi connectivity index (χ3v) is 5.39. The molecule has 1 amide bonds. The van der Waals surface area contributed by atoms with Gasteiger partial charge in [-0.25, -0.2) is 8.42 Å². The highest BCUT2D eigenvalue weighted by molar-refractivity contribution is 7.92. The van der Waals surface area contributed by atoms with Crippen molar-refractivity contribution in [3.8, 4) is 0 Å². The highest BCUT2D eigenvalue weighted by Gasteiger charge is 2.22. The Bertz CT molecular complexity index is 971. The third kappa shape index (κ3) is 3.31. The molecule has 8 nitrogen and oxygen atoms in total. The van der Waals surface area contributed by atoms with Crippen LogP contribution >= 0.6 is 0 Å². The topological polar surface area (TPSA) is 110 Å². The molecule has 0 fully saturated rings. The van der Waals surface area contributed by atoms with Gasteiger partial charge in [0.2, 0.25) is 5.91 Å². The van der Waals surface area contributed by atoms with E-state index in [0.717, 1.165) is 17.3 Å². The number of amides is 1. The van der Waals surface area contributed by atoms with Crippen molar-refractivity contribution in [1.29, 1.82) is 0 Å². The molecule has 0 spiro atoms. The van der Waals surface area contributed by atoms with Gasteiger partial charge in [-0.1, -0.05) is 6.07 Å². The van der Waals surface area contributed by atoms with Crippen LogP contribution in [0.3, 0.4) is 0 Å². The van der Waals surface area contributed by atoms with Gasteiger partial charge < -0.3 is 4.90 Å². The molecular weight excluding hydrogens is 346 g/mol. The smallest absolute Gasteiger partial charge is 0.270 e. The van der Waals surface area contributed by atoms with Gasteiger partial charge in [-0.15, -0.1) is 0 Å². The molecule has 2 aromatic rings. The van der Waals surface area contributed by atoms with Crippen molar-refractivity contribution in [2.45, 2.75) is 17.7 Å². The Morgan fingerprint density at radius 2 is 1.92 bits per heavy atom. The molecule has 1 aliphatic heterocycles. The quantitative estimate of drug-likeness (QED) is 0.664. The Morgan fingerprint density at radius 1 is 1.16 bits per heavy atom. The van der Waals surface area contributed by atoms with Gasteiger partial charge in [-0.3, -0.25) is 19.6 Å². The fourth-order valence-corrected chi connectivity index (χ4v) is 3.79. The van der Waals surface area contributed by atoms with Crippen LogP contribution in [0.2, 0.25) is 0 Å². The van der Waals surface area contributed by atoms with E-state index in [4.69, 9.17) is 0 Å². The fourth-order valence-electron chi connectivity index (χ4n) is 2.70. The maximum Gasteiger partial charge on any atom is 0.270 e. The predicted octanol–water partition coefficient (Wildman–Crippen LogP) is 2.30. The molecule has 1 heterocycles. The highest BCUT2D eigenvalue weighted by Crippen LogP contribution is 2.30. The summed E-state index contributed by atoms with van der Waals surface area (Å²) in [4.78, 5) is 23.2. The summed E-state index contributed by atoms with van der Waals surface area (Å²) in [5, 5.41) is 10.8. The first kappa shape index (κ1) is 16.9. The molecule has 0 radical (unpaired) electrons. The van der Waals surface area contributed by atoms with Crippen LogP contribution in [0.4, 0.5) is 17.1 Å². The van der Waals surface area contributed by atoms with Crippen molar-refractivity contribution in [3.05, 3.63) is 58.1 Å². The van der Waals surface area contributed by atoms with Crippen LogP contribution in [0.25, 0.3) is 0 Å². The number of aryl methyl sites for hydroxylation is 1. The zero-order chi connectivity index (χ0) is 18.2. The normalized spacial score (nSPS) is 14.1. The molecule has 25 heavy (non-hydrogen) atoms. The summed E-state index contributed by atoms with van der Waals surface area (Å²) in [6, 6.07) is 9.76. The molecule has 1 aliphatic rings. The molecule has 9 heteroatoms. The molecule has 2 aromatic carbocycles. The Hall–Kier alpha value is -2.94. The van der Waals surface area contributed by atoms with Crippen LogP contribution in [-0.2, 0) is 21.2 Å². The molecule has 0 unspecified atom stereocenters. The van der Waals surface area contributed by atoms with Crippen LogP contribution in [0.5, 0.6) is 0 Å². The van der Waals surface area contributed by atoms with Gasteiger partial charge in [0.25, 0.3) is 15.7 Å². The number of carbonyl (C=O) groups is 1. The maximum absolute atomic E-state index is 12.5. The van der Waals surface area contributed by atoms with Crippen LogP contribution < -0.4 is 9.62 Å². The number of rotatable bonds is 4. The minimum atomic E-state index is -3.96. The summed E-state index contributed by atoms with van der Waals surface area (Å²) in [5.41, 5.74) is 1.65. The average Bonchev–Trinajstić information content (AvgIpc) is 2.58. The highest BCUT2D eigenvalue weighted by atomic mass is 32.2. The van der Waals surface area contributed by atoms with Gasteiger partial charge in [-0.2, -0.15) is 0 Å². The van der Waals surface area contributed by atoms with Gasteiger partial charge >= 0.3 is 0 Å². The van der Waals surface area contributed by atoms with Gasteiger partial charge in [0.15, 0.2) is 0 Å². The van der Waals surface area contributed by atoms with E-state index in [2.05, 4.69) is 4.72 Å². The average molecular weight is 361 g/mol. The van der Waals surface area contributed by atoms with E-state index in [1.165, 1.54) is 23.1 Å². The van der Waals surface area contributed by atoms with Gasteiger partial charge in [-0.05, 0) is 36.2 Å². The zero-order valence-corrected chi connectivity index (χ0v) is 14.1. The van der Waals surface area contributed by atoms with Gasteiger partial charge in [0, 0.05) is 37.0 Å². The van der Waals surface area contributed by atoms with Crippen LogP contribution in [-0.4, -0.2) is 26.3 Å². The minimum Gasteiger partial charge on any atom is -0.315 e. The first-order valence-electron chi connectivity index (χ1n) is 7.45. The summed E-state index contributed by atoms with van der Waals surface area (Å²) < 4.78 is 27.3. The number of carbonyl (C=O) groups excluding carboxylic acids is 1. The lowest BCUT2D eigenvalue weighted by atomic mass is 10.0. The summed E-state index contributed by atoms with van der Waals surface area (Å²) in [6.07, 6.45) is 0.898. The monoisotopic (exact) mass is 361 g/mol. The second-order valence-corrected chi connectivity index (χ2v) is 7.34. The summed E-state index contributed by atoms with van der Waals surface area (Å²) in [7, 11) is -2.28. The standard InChI is InChI=1S/C16H15N3O5S/c1-18-15-7-6-12(9-11(15)5-8-16(18)20)17-25(23,24)14-4-2-3-13(10-14)19(21)22/h2-4,6-7,9-10,17H,5,8H2,1H3. The number of nitrogens with one attached hydrogen (secondary N) is 1. The van der Waals surface area contributed by atoms with Crippen molar-refractivity contribution in [3.63, 3.8) is 0 Å². The molecule has 3 rings (SSSR count). The van der Waals surface area contributed by atoms with Crippen LogP contribution in [0.15, 0.2) is 47.4 Å². The Labute approximate surface area is 144 Å². The summed E-state index contributed by atoms with van der Waals surface area (Å²) >= 11 is 0. The third-order valence-electron chi connectivity index (χ3n) is 4.01. The number of fused-ring (bicyclic) bond motifs is 1. The van der Waals surface area contributed by atoms with E-state index in [-0.39, 0.29) is 16.5 Å². The number of sulfonamides is 1. The molecule has 1 N–H and O–H groups in total. The van der Waals surface area contributed by atoms with E-state index in [9.17, 15) is 23.3 Å². The lowest BCUT2D eigenvalue weighted by Crippen LogP contribution is -2.31. The van der Waals surface area contributed by atoms with Crippen LogP contribution in [0, 0.1) is 10.1 Å². The largest absolute Gasteiger partial charge is 0.315 e. The maximum atomic E-state index is 12.5. The predicted molar refractivity (Wildman–Crippen MR) is 92.1 cm³/mol. The van der Waals surface area contributed by atoms with E-state index in [1.54, 1.807) is 25.2 Å². The number of nitro groups is 1. The molecule has 0 bridgehead atoms. The summed E-state index contributed by atoms with van der Waals surface area (Å²) in [5.74, 6) is 0.0115. The minimum absolute atomic E-state index is 0.0115. The first-order chi connectivity index (χ1) is 11.8. The van der Waals surface area contributed by atoms with Crippen molar-refractivity contribution < 1.29 is 18.1 Å². The van der Waals surface area contributed by atoms with Crippen LogP contribution in [0.1, 0.15) is 12.0 Å². The Morgan fingerprint density at radius 3 is 2.64 bits per heavy atom. The summed E-state index contributed by atoms with van der Waals surface area (Å²) in [6.45, 7) is 0. The molecule has 0 aliphatic carbocycles. The number of hydrogen-bond donors (Lipinski definition) is 1. The second kappa shape index (κ2) is 6.17. The van der Waals surface area contributed by atoms with Crippen molar-refractivity contribution in [2.24, 2.45) is 0 Å². The number of non-ortho nitro benzene ring substituents is 1. The molecular formula is C16H15N3O5S. The number of benzene rings is 2. The molecule has 0 aromatic heterocycles. The Kier molecular flexibility index (Phi) is 4.17. The van der Waals surface area contributed by atoms with E-state index < -0.39 is 14.9 Å². The molecule has 0 saturated heterocycles. The molecule has 0 atom stereocenters. The molecule has 0 saturated carbocycles. The van der Waals surface area contributed by atoms with E-state index in [1.807, 2.05) is 0 Å². The fraction of sp³-hybridized carbons (Fsp3) is 0.188. The molecule has 130 valence electrons.